The summed E-state index contributed by atoms with van der Waals surface area (Å²) in [5, 5.41) is 30.8. The number of benzene rings is 1. The summed E-state index contributed by atoms with van der Waals surface area (Å²) in [6.07, 6.45) is -2.21. The fourth-order valence-electron chi connectivity index (χ4n) is 1.61. The number of nitrogens with one attached hydrogen (secondary N) is 1. The highest BCUT2D eigenvalue weighted by molar-refractivity contribution is 5.97. The predicted octanol–water partition coefficient (Wildman–Crippen LogP) is 0.397. The molecule has 0 aromatic heterocycles. The molecule has 1 aromatic carbocycles. The molecule has 3 N–H and O–H groups in total. The van der Waals surface area contributed by atoms with Gasteiger partial charge in [-0.1, -0.05) is 18.2 Å². The maximum absolute atomic E-state index is 11.5. The number of carbonyl (C=O) groups excluding carboxylic acids is 1. The Balaban J connectivity index is 2.88. The Morgan fingerprint density at radius 3 is 2.83 bits per heavy atom. The van der Waals surface area contributed by atoms with Gasteiger partial charge in [0.1, 0.15) is 6.10 Å². The summed E-state index contributed by atoms with van der Waals surface area (Å²) in [6, 6.07) is 8.13. The lowest BCUT2D eigenvalue weighted by Gasteiger charge is -2.18. The van der Waals surface area contributed by atoms with Crippen LogP contribution in [0.15, 0.2) is 24.3 Å². The number of hydrogen-bond donors (Lipinski definition) is 3. The fourth-order valence-corrected chi connectivity index (χ4v) is 1.61. The minimum absolute atomic E-state index is 0.196. The number of Topliss-reactive ketones (excluding diaryl/α,β-unsaturated/α-hetero) is 1. The van der Waals surface area contributed by atoms with E-state index in [0.717, 1.165) is 0 Å². The number of aliphatic hydroxyl groups excluding tert-OH is 2. The first-order valence-corrected chi connectivity index (χ1v) is 5.61. The minimum atomic E-state index is -1.06. The fraction of sp³-hybridized carbons (Fsp3) is 0.385. The van der Waals surface area contributed by atoms with Crippen molar-refractivity contribution in [2.24, 2.45) is 0 Å². The third kappa shape index (κ3) is 3.64. The molecule has 5 heteroatoms. The Kier molecular flexibility index (Phi) is 5.46. The summed E-state index contributed by atoms with van der Waals surface area (Å²) in [7, 11) is 1.67. The largest absolute Gasteiger partial charge is 0.389 e. The third-order valence-electron chi connectivity index (χ3n) is 2.57. The molecule has 0 saturated heterocycles. The Morgan fingerprint density at radius 2 is 2.22 bits per heavy atom. The molecule has 0 heterocycles. The highest BCUT2D eigenvalue weighted by Gasteiger charge is 2.18. The second kappa shape index (κ2) is 6.87. The summed E-state index contributed by atoms with van der Waals surface area (Å²) in [5.74, 6) is -0.297. The maximum atomic E-state index is 11.5. The number of ketones is 1. The van der Waals surface area contributed by atoms with Crippen molar-refractivity contribution >= 4 is 5.78 Å². The molecule has 0 spiro atoms. The normalized spacial score (nSPS) is 13.7. The van der Waals surface area contributed by atoms with Gasteiger partial charge in [0, 0.05) is 12.1 Å². The molecule has 1 rings (SSSR count). The van der Waals surface area contributed by atoms with Crippen LogP contribution in [0.3, 0.4) is 0 Å². The van der Waals surface area contributed by atoms with Crippen LogP contribution >= 0.6 is 0 Å². The minimum Gasteiger partial charge on any atom is -0.389 e. The van der Waals surface area contributed by atoms with E-state index in [1.807, 2.05) is 0 Å². The number of nitrogens with zero attached hydrogens (tertiary/aromatic N) is 1. The Labute approximate surface area is 106 Å². The van der Waals surface area contributed by atoms with Gasteiger partial charge in [-0.2, -0.15) is 5.26 Å². The summed E-state index contributed by atoms with van der Waals surface area (Å²) in [4.78, 5) is 11.5. The topological polar surface area (TPSA) is 93.3 Å². The molecule has 18 heavy (non-hydrogen) atoms. The molecule has 2 unspecified atom stereocenters. The number of hydrogen-bond acceptors (Lipinski definition) is 5. The van der Waals surface area contributed by atoms with Crippen molar-refractivity contribution in [3.8, 4) is 6.07 Å². The molecule has 0 amide bonds. The second-order valence-electron chi connectivity index (χ2n) is 3.95. The van der Waals surface area contributed by atoms with Crippen LogP contribution in [0.4, 0.5) is 0 Å². The molecular weight excluding hydrogens is 232 g/mol. The molecular formula is C13H16N2O3. The van der Waals surface area contributed by atoms with Crippen molar-refractivity contribution in [3.63, 3.8) is 0 Å². The Bertz CT molecular complexity index is 454. The van der Waals surface area contributed by atoms with Gasteiger partial charge in [-0.25, -0.2) is 0 Å². The lowest BCUT2D eigenvalue weighted by molar-refractivity contribution is 0.0202. The van der Waals surface area contributed by atoms with E-state index in [1.54, 1.807) is 31.3 Å². The third-order valence-corrected chi connectivity index (χ3v) is 2.57. The van der Waals surface area contributed by atoms with Crippen LogP contribution in [0.2, 0.25) is 0 Å². The van der Waals surface area contributed by atoms with Gasteiger partial charge in [0.15, 0.2) is 5.78 Å². The molecule has 2 atom stereocenters. The van der Waals surface area contributed by atoms with Gasteiger partial charge in [0.05, 0.1) is 18.6 Å². The van der Waals surface area contributed by atoms with Crippen molar-refractivity contribution in [1.29, 1.82) is 5.26 Å². The SMILES string of the molecule is CNCC(O)C(O)c1cccc(C(=O)CC#N)c1. The van der Waals surface area contributed by atoms with Crippen LogP contribution in [-0.4, -0.2) is 35.7 Å². The predicted molar refractivity (Wildman–Crippen MR) is 65.9 cm³/mol. The van der Waals surface area contributed by atoms with Gasteiger partial charge >= 0.3 is 0 Å². The van der Waals surface area contributed by atoms with Gasteiger partial charge in [-0.05, 0) is 18.7 Å². The lowest BCUT2D eigenvalue weighted by Crippen LogP contribution is -2.29. The van der Waals surface area contributed by atoms with Crippen molar-refractivity contribution < 1.29 is 15.0 Å². The van der Waals surface area contributed by atoms with Crippen molar-refractivity contribution in [3.05, 3.63) is 35.4 Å². The van der Waals surface area contributed by atoms with E-state index < -0.39 is 12.2 Å². The van der Waals surface area contributed by atoms with E-state index in [0.29, 0.717) is 11.1 Å². The number of rotatable bonds is 6. The molecule has 0 aliphatic rings. The molecule has 0 fully saturated rings. The molecule has 0 aliphatic heterocycles. The van der Waals surface area contributed by atoms with E-state index in [4.69, 9.17) is 5.26 Å². The number of nitriles is 1. The monoisotopic (exact) mass is 248 g/mol. The van der Waals surface area contributed by atoms with E-state index in [2.05, 4.69) is 5.32 Å². The zero-order chi connectivity index (χ0) is 13.5. The molecule has 0 radical (unpaired) electrons. The average molecular weight is 248 g/mol. The smallest absolute Gasteiger partial charge is 0.176 e. The standard InChI is InChI=1S/C13H16N2O3/c1-15-8-12(17)13(18)10-4-2-3-9(7-10)11(16)5-6-14/h2-4,7,12-13,15,17-18H,5,8H2,1H3. The van der Waals surface area contributed by atoms with Crippen LogP contribution in [0.1, 0.15) is 28.4 Å². The quantitative estimate of drug-likeness (QED) is 0.633. The van der Waals surface area contributed by atoms with Gasteiger partial charge < -0.3 is 15.5 Å². The molecule has 96 valence electrons. The molecule has 0 aliphatic carbocycles. The molecule has 0 bridgehead atoms. The van der Waals surface area contributed by atoms with Crippen LogP contribution < -0.4 is 5.32 Å². The van der Waals surface area contributed by atoms with Gasteiger partial charge in [0.2, 0.25) is 0 Å². The zero-order valence-electron chi connectivity index (χ0n) is 10.1. The average Bonchev–Trinajstić information content (AvgIpc) is 2.38. The van der Waals surface area contributed by atoms with Crippen LogP contribution in [-0.2, 0) is 0 Å². The van der Waals surface area contributed by atoms with Crippen LogP contribution in [0, 0.1) is 11.3 Å². The number of carbonyl (C=O) groups is 1. The Morgan fingerprint density at radius 1 is 1.50 bits per heavy atom. The van der Waals surface area contributed by atoms with Gasteiger partial charge in [0.25, 0.3) is 0 Å². The number of aliphatic hydroxyl groups is 2. The molecule has 5 nitrogen and oxygen atoms in total. The van der Waals surface area contributed by atoms with Crippen LogP contribution in [0.5, 0.6) is 0 Å². The summed E-state index contributed by atoms with van der Waals surface area (Å²) in [6.45, 7) is 0.248. The van der Waals surface area contributed by atoms with Gasteiger partial charge in [-0.15, -0.1) is 0 Å². The summed E-state index contributed by atoms with van der Waals surface area (Å²) < 4.78 is 0. The molecule has 0 saturated carbocycles. The summed E-state index contributed by atoms with van der Waals surface area (Å²) >= 11 is 0. The van der Waals surface area contributed by atoms with E-state index >= 15 is 0 Å². The first-order chi connectivity index (χ1) is 8.60. The first kappa shape index (κ1) is 14.3. The lowest BCUT2D eigenvalue weighted by atomic mass is 9.99. The number of likely N-dealkylation sites (N-methyl/N-ethyl adjacent to an activating group) is 1. The highest BCUT2D eigenvalue weighted by Crippen LogP contribution is 2.18. The van der Waals surface area contributed by atoms with Crippen molar-refractivity contribution in [1.82, 2.24) is 5.32 Å². The maximum Gasteiger partial charge on any atom is 0.176 e. The second-order valence-corrected chi connectivity index (χ2v) is 3.95. The van der Waals surface area contributed by atoms with E-state index in [-0.39, 0.29) is 18.7 Å². The Hall–Kier alpha value is -1.74. The van der Waals surface area contributed by atoms with Crippen molar-refractivity contribution in [2.75, 3.05) is 13.6 Å². The highest BCUT2D eigenvalue weighted by atomic mass is 16.3. The summed E-state index contributed by atoms with van der Waals surface area (Å²) in [5.41, 5.74) is 0.825. The van der Waals surface area contributed by atoms with Crippen molar-refractivity contribution in [2.45, 2.75) is 18.6 Å². The zero-order valence-corrected chi connectivity index (χ0v) is 10.1. The van der Waals surface area contributed by atoms with Crippen LogP contribution in [0.25, 0.3) is 0 Å². The molecule has 1 aromatic rings. The first-order valence-electron chi connectivity index (χ1n) is 5.61. The van der Waals surface area contributed by atoms with E-state index in [1.165, 1.54) is 6.07 Å². The van der Waals surface area contributed by atoms with Gasteiger partial charge in [-0.3, -0.25) is 4.79 Å². The van der Waals surface area contributed by atoms with E-state index in [9.17, 15) is 15.0 Å².